The van der Waals surface area contributed by atoms with Crippen molar-refractivity contribution in [2.45, 2.75) is 32.7 Å². The molecule has 1 aromatic carbocycles. The molecule has 2 atom stereocenters. The highest BCUT2D eigenvalue weighted by Crippen LogP contribution is 2.30. The Morgan fingerprint density at radius 1 is 1.44 bits per heavy atom. The number of methoxy groups -OCH3 is 1. The van der Waals surface area contributed by atoms with E-state index in [2.05, 4.69) is 13.8 Å². The van der Waals surface area contributed by atoms with E-state index in [9.17, 15) is 0 Å². The predicted octanol–water partition coefficient (Wildman–Crippen LogP) is 3.78. The van der Waals surface area contributed by atoms with E-state index in [0.717, 1.165) is 24.2 Å². The van der Waals surface area contributed by atoms with Crippen LogP contribution in [-0.2, 0) is 0 Å². The van der Waals surface area contributed by atoms with E-state index in [1.807, 2.05) is 18.2 Å². The quantitative estimate of drug-likeness (QED) is 0.852. The van der Waals surface area contributed by atoms with Gasteiger partial charge < -0.3 is 10.5 Å². The monoisotopic (exact) mass is 241 g/mol. The minimum Gasteiger partial charge on any atom is -0.496 e. The topological polar surface area (TPSA) is 35.2 Å². The first-order chi connectivity index (χ1) is 7.58. The fourth-order valence-corrected chi connectivity index (χ4v) is 1.88. The molecule has 0 heterocycles. The van der Waals surface area contributed by atoms with Gasteiger partial charge in [-0.2, -0.15) is 0 Å². The number of hydrogen-bond donors (Lipinski definition) is 1. The Labute approximate surface area is 103 Å². The zero-order valence-electron chi connectivity index (χ0n) is 10.2. The van der Waals surface area contributed by atoms with Gasteiger partial charge in [-0.3, -0.25) is 0 Å². The number of nitrogens with two attached hydrogens (primary N) is 1. The van der Waals surface area contributed by atoms with Crippen LogP contribution >= 0.6 is 11.6 Å². The Bertz CT molecular complexity index is 341. The molecule has 0 aliphatic heterocycles. The number of benzene rings is 1. The van der Waals surface area contributed by atoms with Crippen molar-refractivity contribution in [1.29, 1.82) is 0 Å². The van der Waals surface area contributed by atoms with Crippen molar-refractivity contribution in [3.8, 4) is 5.75 Å². The second-order valence-corrected chi connectivity index (χ2v) is 4.68. The van der Waals surface area contributed by atoms with Gasteiger partial charge in [0.2, 0.25) is 0 Å². The zero-order chi connectivity index (χ0) is 12.1. The molecule has 0 fully saturated rings. The third kappa shape index (κ3) is 3.39. The van der Waals surface area contributed by atoms with Gasteiger partial charge in [0.25, 0.3) is 0 Å². The van der Waals surface area contributed by atoms with Gasteiger partial charge in [-0.25, -0.2) is 0 Å². The molecule has 16 heavy (non-hydrogen) atoms. The summed E-state index contributed by atoms with van der Waals surface area (Å²) in [5, 5.41) is 0.677. The Balaban J connectivity index is 2.85. The molecule has 90 valence electrons. The van der Waals surface area contributed by atoms with Crippen LogP contribution in [-0.4, -0.2) is 7.11 Å². The molecule has 3 heteroatoms. The molecule has 1 rings (SSSR count). The zero-order valence-corrected chi connectivity index (χ0v) is 10.9. The van der Waals surface area contributed by atoms with Crippen molar-refractivity contribution >= 4 is 11.6 Å². The number of halogens is 1. The van der Waals surface area contributed by atoms with Gasteiger partial charge >= 0.3 is 0 Å². The van der Waals surface area contributed by atoms with Gasteiger partial charge in [-0.15, -0.1) is 0 Å². The third-order valence-electron chi connectivity index (χ3n) is 2.95. The lowest BCUT2D eigenvalue weighted by Gasteiger charge is -2.18. The molecule has 0 radical (unpaired) electrons. The minimum absolute atomic E-state index is 0.0159. The van der Waals surface area contributed by atoms with Crippen LogP contribution in [0, 0.1) is 5.92 Å². The molecule has 0 bridgehead atoms. The largest absolute Gasteiger partial charge is 0.496 e. The van der Waals surface area contributed by atoms with E-state index < -0.39 is 0 Å². The fraction of sp³-hybridized carbons (Fsp3) is 0.538. The summed E-state index contributed by atoms with van der Waals surface area (Å²) in [6, 6.07) is 5.64. The lowest BCUT2D eigenvalue weighted by Crippen LogP contribution is -2.14. The van der Waals surface area contributed by atoms with Crippen molar-refractivity contribution in [3.63, 3.8) is 0 Å². The summed E-state index contributed by atoms with van der Waals surface area (Å²) in [4.78, 5) is 0. The molecule has 0 saturated carbocycles. The van der Waals surface area contributed by atoms with Crippen molar-refractivity contribution in [1.82, 2.24) is 0 Å². The Kier molecular flexibility index (Phi) is 5.10. The van der Waals surface area contributed by atoms with Crippen molar-refractivity contribution in [2.24, 2.45) is 11.7 Å². The van der Waals surface area contributed by atoms with Gasteiger partial charge in [0.15, 0.2) is 0 Å². The average Bonchev–Trinajstić information content (AvgIpc) is 2.28. The van der Waals surface area contributed by atoms with Gasteiger partial charge in [-0.1, -0.05) is 37.9 Å². The maximum atomic E-state index is 6.17. The molecule has 0 aromatic heterocycles. The highest BCUT2D eigenvalue weighted by molar-refractivity contribution is 6.30. The third-order valence-corrected chi connectivity index (χ3v) is 3.18. The summed E-state index contributed by atoms with van der Waals surface area (Å²) < 4.78 is 5.30. The molecule has 2 N–H and O–H groups in total. The van der Waals surface area contributed by atoms with E-state index in [1.54, 1.807) is 7.11 Å². The van der Waals surface area contributed by atoms with Crippen LogP contribution in [0.25, 0.3) is 0 Å². The maximum Gasteiger partial charge on any atom is 0.125 e. The SMILES string of the molecule is CCC(C)CC(N)c1ccc(Cl)cc1OC. The Morgan fingerprint density at radius 2 is 2.12 bits per heavy atom. The lowest BCUT2D eigenvalue weighted by atomic mass is 9.94. The van der Waals surface area contributed by atoms with E-state index in [4.69, 9.17) is 22.1 Å². The normalized spacial score (nSPS) is 14.6. The van der Waals surface area contributed by atoms with Crippen LogP contribution in [0.4, 0.5) is 0 Å². The van der Waals surface area contributed by atoms with Crippen molar-refractivity contribution < 1.29 is 4.74 Å². The molecule has 0 aliphatic rings. The minimum atomic E-state index is 0.0159. The van der Waals surface area contributed by atoms with Crippen LogP contribution < -0.4 is 10.5 Å². The van der Waals surface area contributed by atoms with Crippen LogP contribution in [0.2, 0.25) is 5.02 Å². The smallest absolute Gasteiger partial charge is 0.125 e. The second kappa shape index (κ2) is 6.12. The van der Waals surface area contributed by atoms with E-state index >= 15 is 0 Å². The molecular weight excluding hydrogens is 222 g/mol. The highest BCUT2D eigenvalue weighted by atomic mass is 35.5. The molecular formula is C13H20ClNO. The van der Waals surface area contributed by atoms with E-state index in [0.29, 0.717) is 10.9 Å². The summed E-state index contributed by atoms with van der Waals surface area (Å²) >= 11 is 5.91. The van der Waals surface area contributed by atoms with Crippen LogP contribution in [0.1, 0.15) is 38.3 Å². The number of ether oxygens (including phenoxy) is 1. The molecule has 0 spiro atoms. The summed E-state index contributed by atoms with van der Waals surface area (Å²) in [5.74, 6) is 1.40. The predicted molar refractivity (Wildman–Crippen MR) is 69.0 cm³/mol. The summed E-state index contributed by atoms with van der Waals surface area (Å²) in [7, 11) is 1.64. The van der Waals surface area contributed by atoms with Gasteiger partial charge in [0.1, 0.15) is 5.75 Å². The van der Waals surface area contributed by atoms with Gasteiger partial charge in [0, 0.05) is 16.6 Å². The lowest BCUT2D eigenvalue weighted by molar-refractivity contribution is 0.395. The summed E-state index contributed by atoms with van der Waals surface area (Å²) in [6.45, 7) is 4.39. The van der Waals surface area contributed by atoms with Gasteiger partial charge in [0.05, 0.1) is 7.11 Å². The standard InChI is InChI=1S/C13H20ClNO/c1-4-9(2)7-12(15)11-6-5-10(14)8-13(11)16-3/h5-6,8-9,12H,4,7,15H2,1-3H3. The van der Waals surface area contributed by atoms with Gasteiger partial charge in [-0.05, 0) is 24.5 Å². The summed E-state index contributed by atoms with van der Waals surface area (Å²) in [5.41, 5.74) is 7.21. The van der Waals surface area contributed by atoms with Crippen LogP contribution in [0.5, 0.6) is 5.75 Å². The second-order valence-electron chi connectivity index (χ2n) is 4.24. The fourth-order valence-electron chi connectivity index (χ4n) is 1.72. The Hall–Kier alpha value is -0.730. The van der Waals surface area contributed by atoms with Crippen molar-refractivity contribution in [3.05, 3.63) is 28.8 Å². The highest BCUT2D eigenvalue weighted by Gasteiger charge is 2.14. The first kappa shape index (κ1) is 13.3. The Morgan fingerprint density at radius 3 is 2.69 bits per heavy atom. The maximum absolute atomic E-state index is 6.17. The molecule has 0 aliphatic carbocycles. The molecule has 2 unspecified atom stereocenters. The molecule has 1 aromatic rings. The van der Waals surface area contributed by atoms with Crippen LogP contribution in [0.15, 0.2) is 18.2 Å². The summed E-state index contributed by atoms with van der Waals surface area (Å²) in [6.07, 6.45) is 2.11. The van der Waals surface area contributed by atoms with Crippen molar-refractivity contribution in [2.75, 3.05) is 7.11 Å². The first-order valence-corrected chi connectivity index (χ1v) is 6.05. The molecule has 0 amide bonds. The first-order valence-electron chi connectivity index (χ1n) is 5.67. The molecule has 0 saturated heterocycles. The number of hydrogen-bond acceptors (Lipinski definition) is 2. The average molecular weight is 242 g/mol. The van der Waals surface area contributed by atoms with E-state index in [-0.39, 0.29) is 6.04 Å². The molecule has 2 nitrogen and oxygen atoms in total. The van der Waals surface area contributed by atoms with Crippen LogP contribution in [0.3, 0.4) is 0 Å². The number of rotatable bonds is 5. The van der Waals surface area contributed by atoms with E-state index in [1.165, 1.54) is 0 Å².